The van der Waals surface area contributed by atoms with Crippen LogP contribution >= 0.6 is 15.9 Å². The molecular weight excluding hydrogens is 288 g/mol. The molecule has 0 aromatic heterocycles. The molecule has 0 unspecified atom stereocenters. The van der Waals surface area contributed by atoms with E-state index >= 15 is 0 Å². The highest BCUT2D eigenvalue weighted by molar-refractivity contribution is 9.09. The second-order valence-electron chi connectivity index (χ2n) is 6.54. The minimum Gasteiger partial charge on any atom is -0.378 e. The monoisotopic (exact) mass is 318 g/mol. The highest BCUT2D eigenvalue weighted by Gasteiger charge is 2.26. The Morgan fingerprint density at radius 2 is 1.50 bits per heavy atom. The normalized spacial score (nSPS) is 20.2. The largest absolute Gasteiger partial charge is 0.378 e. The maximum atomic E-state index is 6.00. The summed E-state index contributed by atoms with van der Waals surface area (Å²) in [5, 5.41) is 1.16. The molecule has 2 heteroatoms. The van der Waals surface area contributed by atoms with E-state index in [0.717, 1.165) is 11.9 Å². The molecule has 0 aliphatic heterocycles. The first-order chi connectivity index (χ1) is 8.64. The van der Waals surface area contributed by atoms with E-state index in [2.05, 4.69) is 29.8 Å². The molecule has 0 spiro atoms. The summed E-state index contributed by atoms with van der Waals surface area (Å²) in [5.74, 6) is 0. The van der Waals surface area contributed by atoms with E-state index in [0.29, 0.717) is 11.5 Å². The van der Waals surface area contributed by atoms with Crippen molar-refractivity contribution in [3.8, 4) is 0 Å². The van der Waals surface area contributed by atoms with Crippen molar-refractivity contribution in [2.75, 3.05) is 11.9 Å². The van der Waals surface area contributed by atoms with Gasteiger partial charge in [0.05, 0.1) is 6.10 Å². The summed E-state index contributed by atoms with van der Waals surface area (Å²) in [6, 6.07) is 0. The Morgan fingerprint density at radius 1 is 0.944 bits per heavy atom. The third-order valence-electron chi connectivity index (χ3n) is 4.17. The number of rotatable bonds is 9. The molecule has 0 atom stereocenters. The van der Waals surface area contributed by atoms with Crippen LogP contribution in [0.1, 0.15) is 78.1 Å². The predicted molar refractivity (Wildman–Crippen MR) is 83.5 cm³/mol. The molecule has 1 aliphatic carbocycles. The highest BCUT2D eigenvalue weighted by atomic mass is 79.9. The van der Waals surface area contributed by atoms with Crippen molar-refractivity contribution in [2.24, 2.45) is 5.41 Å². The molecule has 0 aromatic rings. The zero-order valence-corrected chi connectivity index (χ0v) is 13.9. The molecular formula is C16H31BrO. The zero-order valence-electron chi connectivity index (χ0n) is 12.3. The van der Waals surface area contributed by atoms with E-state index in [4.69, 9.17) is 4.74 Å². The lowest BCUT2D eigenvalue weighted by Gasteiger charge is -2.34. The topological polar surface area (TPSA) is 9.23 Å². The molecule has 1 rings (SSSR count). The van der Waals surface area contributed by atoms with Crippen molar-refractivity contribution in [1.82, 2.24) is 0 Å². The van der Waals surface area contributed by atoms with Crippen molar-refractivity contribution in [1.29, 1.82) is 0 Å². The number of alkyl halides is 1. The number of hydrogen-bond acceptors (Lipinski definition) is 1. The minimum atomic E-state index is 0.562. The van der Waals surface area contributed by atoms with Crippen molar-refractivity contribution in [3.05, 3.63) is 0 Å². The van der Waals surface area contributed by atoms with E-state index in [1.54, 1.807) is 0 Å². The molecule has 0 radical (unpaired) electrons. The number of halogens is 1. The van der Waals surface area contributed by atoms with Crippen molar-refractivity contribution in [3.63, 3.8) is 0 Å². The molecule has 108 valence electrons. The van der Waals surface area contributed by atoms with Crippen LogP contribution in [-0.2, 0) is 4.74 Å². The Hall–Kier alpha value is 0.440. The van der Waals surface area contributed by atoms with E-state index in [-0.39, 0.29) is 0 Å². The van der Waals surface area contributed by atoms with Gasteiger partial charge in [0.15, 0.2) is 0 Å². The van der Waals surface area contributed by atoms with Gasteiger partial charge in [0.25, 0.3) is 0 Å². The predicted octanol–water partition coefficient (Wildman–Crippen LogP) is 5.71. The lowest BCUT2D eigenvalue weighted by Crippen LogP contribution is -2.26. The van der Waals surface area contributed by atoms with Gasteiger partial charge in [-0.25, -0.2) is 0 Å². The summed E-state index contributed by atoms with van der Waals surface area (Å²) in [6.07, 6.45) is 13.9. The molecule has 1 fully saturated rings. The lowest BCUT2D eigenvalue weighted by molar-refractivity contribution is 0.00273. The minimum absolute atomic E-state index is 0.562. The van der Waals surface area contributed by atoms with Crippen LogP contribution in [-0.4, -0.2) is 18.0 Å². The summed E-state index contributed by atoms with van der Waals surface area (Å²) in [6.45, 7) is 5.76. The summed E-state index contributed by atoms with van der Waals surface area (Å²) >= 11 is 3.48. The van der Waals surface area contributed by atoms with Gasteiger partial charge in [0.2, 0.25) is 0 Å². The number of hydrogen-bond donors (Lipinski definition) is 0. The summed E-state index contributed by atoms with van der Waals surface area (Å²) in [5.41, 5.74) is 0.565. The second kappa shape index (κ2) is 9.36. The average molecular weight is 319 g/mol. The summed E-state index contributed by atoms with van der Waals surface area (Å²) < 4.78 is 6.00. The Bertz CT molecular complexity index is 193. The van der Waals surface area contributed by atoms with Crippen LogP contribution < -0.4 is 0 Å². The van der Waals surface area contributed by atoms with Gasteiger partial charge in [-0.2, -0.15) is 0 Å². The van der Waals surface area contributed by atoms with Crippen LogP contribution in [0, 0.1) is 5.41 Å². The van der Waals surface area contributed by atoms with Crippen LogP contribution in [0.2, 0.25) is 0 Å². The summed E-state index contributed by atoms with van der Waals surface area (Å²) in [4.78, 5) is 0. The maximum Gasteiger partial charge on any atom is 0.0575 e. The quantitative estimate of drug-likeness (QED) is 0.391. The molecule has 0 amide bonds. The van der Waals surface area contributed by atoms with E-state index in [1.165, 1.54) is 64.2 Å². The third kappa shape index (κ3) is 7.78. The van der Waals surface area contributed by atoms with Gasteiger partial charge in [-0.1, -0.05) is 55.5 Å². The Kier molecular flexibility index (Phi) is 8.58. The number of unbranched alkanes of at least 4 members (excludes halogenated alkanes) is 5. The maximum absolute atomic E-state index is 6.00. The first-order valence-electron chi connectivity index (χ1n) is 7.82. The first kappa shape index (κ1) is 16.5. The molecule has 0 aromatic carbocycles. The Labute approximate surface area is 122 Å². The average Bonchev–Trinajstić information content (AvgIpc) is 2.34. The van der Waals surface area contributed by atoms with Crippen LogP contribution in [0.25, 0.3) is 0 Å². The molecule has 0 bridgehead atoms. The standard InChI is InChI=1S/C16H31BrO/c1-16(2)11-9-15(10-12-16)18-14-8-6-4-3-5-7-13-17/h15H,3-14H2,1-2H3. The summed E-state index contributed by atoms with van der Waals surface area (Å²) in [7, 11) is 0. The molecule has 0 saturated heterocycles. The fraction of sp³-hybridized carbons (Fsp3) is 1.00. The van der Waals surface area contributed by atoms with Gasteiger partial charge >= 0.3 is 0 Å². The number of ether oxygens (including phenoxy) is 1. The lowest BCUT2D eigenvalue weighted by atomic mass is 9.76. The van der Waals surface area contributed by atoms with Gasteiger partial charge in [-0.15, -0.1) is 0 Å². The SMILES string of the molecule is CC1(C)CCC(OCCCCCCCCBr)CC1. The zero-order chi connectivity index (χ0) is 13.3. The molecule has 1 saturated carbocycles. The van der Waals surface area contributed by atoms with Crippen LogP contribution in [0.4, 0.5) is 0 Å². The molecule has 1 nitrogen and oxygen atoms in total. The molecule has 0 heterocycles. The van der Waals surface area contributed by atoms with Gasteiger partial charge < -0.3 is 4.74 Å². The van der Waals surface area contributed by atoms with Crippen molar-refractivity contribution in [2.45, 2.75) is 84.2 Å². The van der Waals surface area contributed by atoms with Gasteiger partial charge in [-0.05, 0) is 43.9 Å². The van der Waals surface area contributed by atoms with Gasteiger partial charge in [0, 0.05) is 11.9 Å². The van der Waals surface area contributed by atoms with Crippen LogP contribution in [0.15, 0.2) is 0 Å². The molecule has 1 aliphatic rings. The fourth-order valence-electron chi connectivity index (χ4n) is 2.69. The highest BCUT2D eigenvalue weighted by Crippen LogP contribution is 2.36. The van der Waals surface area contributed by atoms with Crippen molar-refractivity contribution >= 4 is 15.9 Å². The molecule has 0 N–H and O–H groups in total. The smallest absolute Gasteiger partial charge is 0.0575 e. The molecule has 18 heavy (non-hydrogen) atoms. The van der Waals surface area contributed by atoms with Gasteiger partial charge in [-0.3, -0.25) is 0 Å². The van der Waals surface area contributed by atoms with Crippen molar-refractivity contribution < 1.29 is 4.74 Å². The Morgan fingerprint density at radius 3 is 2.11 bits per heavy atom. The van der Waals surface area contributed by atoms with E-state index in [1.807, 2.05) is 0 Å². The van der Waals surface area contributed by atoms with Crippen LogP contribution in [0.5, 0.6) is 0 Å². The van der Waals surface area contributed by atoms with E-state index < -0.39 is 0 Å². The van der Waals surface area contributed by atoms with Crippen LogP contribution in [0.3, 0.4) is 0 Å². The first-order valence-corrected chi connectivity index (χ1v) is 8.94. The second-order valence-corrected chi connectivity index (χ2v) is 7.34. The fourth-order valence-corrected chi connectivity index (χ4v) is 3.09. The Balaban J connectivity index is 1.87. The van der Waals surface area contributed by atoms with Gasteiger partial charge in [0.1, 0.15) is 0 Å². The third-order valence-corrected chi connectivity index (χ3v) is 4.73. The van der Waals surface area contributed by atoms with E-state index in [9.17, 15) is 0 Å².